The van der Waals surface area contributed by atoms with E-state index < -0.39 is 23.5 Å². The van der Waals surface area contributed by atoms with Gasteiger partial charge in [-0.2, -0.15) is 0 Å². The average molecular weight is 433 g/mol. The number of carbonyl (C=O) groups is 2. The van der Waals surface area contributed by atoms with E-state index in [0.29, 0.717) is 27.2 Å². The SMILES string of the molecule is COC(=O)Cc1ccc(Cl)cc1-n1ccc2c(NC(=O)OC(C)(C)C)cc(F)cc21. The highest BCUT2D eigenvalue weighted by molar-refractivity contribution is 6.30. The van der Waals surface area contributed by atoms with Gasteiger partial charge in [0.15, 0.2) is 0 Å². The van der Waals surface area contributed by atoms with Gasteiger partial charge in [0.2, 0.25) is 0 Å². The molecule has 0 saturated carbocycles. The molecule has 30 heavy (non-hydrogen) atoms. The van der Waals surface area contributed by atoms with Gasteiger partial charge in [-0.1, -0.05) is 17.7 Å². The predicted octanol–water partition coefficient (Wildman–Crippen LogP) is 5.49. The lowest BCUT2D eigenvalue weighted by molar-refractivity contribution is -0.139. The molecule has 0 atom stereocenters. The van der Waals surface area contributed by atoms with Gasteiger partial charge >= 0.3 is 12.1 Å². The summed E-state index contributed by atoms with van der Waals surface area (Å²) in [6, 6.07) is 9.39. The first-order chi connectivity index (χ1) is 14.1. The Morgan fingerprint density at radius 3 is 2.57 bits per heavy atom. The quantitative estimate of drug-likeness (QED) is 0.554. The van der Waals surface area contributed by atoms with Crippen LogP contribution in [0.5, 0.6) is 0 Å². The van der Waals surface area contributed by atoms with Crippen molar-refractivity contribution in [2.75, 3.05) is 12.4 Å². The lowest BCUT2D eigenvalue weighted by atomic mass is 10.1. The van der Waals surface area contributed by atoms with Gasteiger partial charge in [-0.3, -0.25) is 10.1 Å². The summed E-state index contributed by atoms with van der Waals surface area (Å²) in [5, 5.41) is 3.66. The molecular formula is C22H22ClFN2O4. The average Bonchev–Trinajstić information content (AvgIpc) is 3.05. The summed E-state index contributed by atoms with van der Waals surface area (Å²) >= 11 is 6.17. The van der Waals surface area contributed by atoms with E-state index >= 15 is 0 Å². The molecular weight excluding hydrogens is 411 g/mol. The number of ether oxygens (including phenoxy) is 2. The fourth-order valence-corrected chi connectivity index (χ4v) is 3.24. The predicted molar refractivity (Wildman–Crippen MR) is 114 cm³/mol. The third kappa shape index (κ3) is 4.91. The monoisotopic (exact) mass is 432 g/mol. The molecule has 0 saturated heterocycles. The fourth-order valence-electron chi connectivity index (χ4n) is 3.07. The molecule has 3 aromatic rings. The number of anilines is 1. The number of halogens is 2. The Morgan fingerprint density at radius 2 is 1.90 bits per heavy atom. The van der Waals surface area contributed by atoms with E-state index in [1.54, 1.807) is 55.8 Å². The van der Waals surface area contributed by atoms with Crippen LogP contribution in [0, 0.1) is 5.82 Å². The molecule has 1 N–H and O–H groups in total. The van der Waals surface area contributed by atoms with Crippen LogP contribution in [0.2, 0.25) is 5.02 Å². The highest BCUT2D eigenvalue weighted by Crippen LogP contribution is 2.31. The molecule has 0 aliphatic carbocycles. The Kier molecular flexibility index (Phi) is 6.03. The number of nitrogens with zero attached hydrogens (tertiary/aromatic N) is 1. The number of carbonyl (C=O) groups excluding carboxylic acids is 2. The molecule has 0 radical (unpaired) electrons. The maximum Gasteiger partial charge on any atom is 0.412 e. The van der Waals surface area contributed by atoms with Gasteiger partial charge < -0.3 is 14.0 Å². The Bertz CT molecular complexity index is 1120. The number of methoxy groups -OCH3 is 1. The van der Waals surface area contributed by atoms with Crippen molar-refractivity contribution in [3.8, 4) is 5.69 Å². The largest absolute Gasteiger partial charge is 0.469 e. The first-order valence-electron chi connectivity index (χ1n) is 9.23. The molecule has 0 fully saturated rings. The molecule has 2 aromatic carbocycles. The number of hydrogen-bond donors (Lipinski definition) is 1. The Labute approximate surface area is 178 Å². The summed E-state index contributed by atoms with van der Waals surface area (Å²) in [6.07, 6.45) is 1.06. The molecule has 0 aliphatic heterocycles. The molecule has 1 heterocycles. The van der Waals surface area contributed by atoms with E-state index in [4.69, 9.17) is 21.1 Å². The molecule has 1 aromatic heterocycles. The Balaban J connectivity index is 2.08. The van der Waals surface area contributed by atoms with Crippen molar-refractivity contribution in [3.63, 3.8) is 0 Å². The van der Waals surface area contributed by atoms with E-state index in [0.717, 1.165) is 0 Å². The summed E-state index contributed by atoms with van der Waals surface area (Å²) in [7, 11) is 1.31. The number of nitrogens with one attached hydrogen (secondary N) is 1. The molecule has 6 nitrogen and oxygen atoms in total. The lowest BCUT2D eigenvalue weighted by Gasteiger charge is -2.20. The van der Waals surface area contributed by atoms with Gasteiger partial charge in [0.05, 0.1) is 30.4 Å². The van der Waals surface area contributed by atoms with E-state index in [2.05, 4.69) is 5.32 Å². The van der Waals surface area contributed by atoms with Crippen molar-refractivity contribution < 1.29 is 23.5 Å². The van der Waals surface area contributed by atoms with E-state index in [9.17, 15) is 14.0 Å². The zero-order chi connectivity index (χ0) is 22.1. The number of benzene rings is 2. The minimum Gasteiger partial charge on any atom is -0.469 e. The minimum atomic E-state index is -0.688. The van der Waals surface area contributed by atoms with E-state index in [1.807, 2.05) is 0 Å². The van der Waals surface area contributed by atoms with Crippen LogP contribution in [-0.4, -0.2) is 29.3 Å². The van der Waals surface area contributed by atoms with Crippen LogP contribution >= 0.6 is 11.6 Å². The molecule has 158 valence electrons. The van der Waals surface area contributed by atoms with Gasteiger partial charge in [-0.05, 0) is 56.7 Å². The van der Waals surface area contributed by atoms with E-state index in [-0.39, 0.29) is 12.1 Å². The van der Waals surface area contributed by atoms with Gasteiger partial charge in [0, 0.05) is 16.6 Å². The highest BCUT2D eigenvalue weighted by atomic mass is 35.5. The second-order valence-corrected chi connectivity index (χ2v) is 8.16. The van der Waals surface area contributed by atoms with Crippen LogP contribution in [-0.2, 0) is 20.7 Å². The number of amides is 1. The smallest absolute Gasteiger partial charge is 0.412 e. The summed E-state index contributed by atoms with van der Waals surface area (Å²) in [4.78, 5) is 24.0. The lowest BCUT2D eigenvalue weighted by Crippen LogP contribution is -2.27. The van der Waals surface area contributed by atoms with Gasteiger partial charge in [0.1, 0.15) is 11.4 Å². The van der Waals surface area contributed by atoms with Crippen LogP contribution in [0.1, 0.15) is 26.3 Å². The standard InChI is InChI=1S/C22H22ClFN2O4/c1-22(2,3)30-21(28)25-17-11-15(24)12-19-16(17)7-8-26(19)18-10-14(23)6-5-13(18)9-20(27)29-4/h5-8,10-12H,9H2,1-4H3,(H,25,28). The highest BCUT2D eigenvalue weighted by Gasteiger charge is 2.19. The third-order valence-corrected chi connectivity index (χ3v) is 4.51. The minimum absolute atomic E-state index is 0.0288. The molecule has 0 bridgehead atoms. The molecule has 0 aliphatic rings. The first kappa shape index (κ1) is 21.6. The normalized spacial score (nSPS) is 11.4. The number of rotatable bonds is 4. The van der Waals surface area contributed by atoms with Crippen molar-refractivity contribution in [3.05, 3.63) is 59.0 Å². The zero-order valence-corrected chi connectivity index (χ0v) is 17.8. The van der Waals surface area contributed by atoms with Crippen molar-refractivity contribution in [1.29, 1.82) is 0 Å². The number of hydrogen-bond acceptors (Lipinski definition) is 4. The summed E-state index contributed by atoms with van der Waals surface area (Å²) in [6.45, 7) is 5.23. The number of fused-ring (bicyclic) bond motifs is 1. The Hall–Kier alpha value is -3.06. The Morgan fingerprint density at radius 1 is 1.17 bits per heavy atom. The van der Waals surface area contributed by atoms with Gasteiger partial charge in [0.25, 0.3) is 0 Å². The third-order valence-electron chi connectivity index (χ3n) is 4.28. The van der Waals surface area contributed by atoms with Crippen LogP contribution < -0.4 is 5.32 Å². The fraction of sp³-hybridized carbons (Fsp3) is 0.273. The maximum absolute atomic E-state index is 14.4. The van der Waals surface area contributed by atoms with E-state index in [1.165, 1.54) is 19.2 Å². The van der Waals surface area contributed by atoms with Crippen LogP contribution in [0.25, 0.3) is 16.6 Å². The van der Waals surface area contributed by atoms with Crippen molar-refractivity contribution >= 4 is 40.3 Å². The molecule has 0 spiro atoms. The molecule has 0 unspecified atom stereocenters. The van der Waals surface area contributed by atoms with Crippen molar-refractivity contribution in [2.45, 2.75) is 32.8 Å². The molecule has 1 amide bonds. The molecule has 3 rings (SSSR count). The van der Waals surface area contributed by atoms with Crippen LogP contribution in [0.4, 0.5) is 14.9 Å². The summed E-state index contributed by atoms with van der Waals surface area (Å²) < 4.78 is 26.1. The van der Waals surface area contributed by atoms with Crippen LogP contribution in [0.3, 0.4) is 0 Å². The maximum atomic E-state index is 14.4. The second kappa shape index (κ2) is 8.36. The van der Waals surface area contributed by atoms with Crippen molar-refractivity contribution in [2.24, 2.45) is 0 Å². The topological polar surface area (TPSA) is 69.6 Å². The van der Waals surface area contributed by atoms with Gasteiger partial charge in [-0.15, -0.1) is 0 Å². The zero-order valence-electron chi connectivity index (χ0n) is 17.1. The van der Waals surface area contributed by atoms with Gasteiger partial charge in [-0.25, -0.2) is 9.18 Å². The molecule has 8 heteroatoms. The van der Waals surface area contributed by atoms with Crippen LogP contribution in [0.15, 0.2) is 42.6 Å². The second-order valence-electron chi connectivity index (χ2n) is 7.72. The summed E-state index contributed by atoms with van der Waals surface area (Å²) in [5.41, 5.74) is 1.35. The number of esters is 1. The summed E-state index contributed by atoms with van der Waals surface area (Å²) in [5.74, 6) is -0.946. The van der Waals surface area contributed by atoms with Crippen molar-refractivity contribution in [1.82, 2.24) is 4.57 Å². The first-order valence-corrected chi connectivity index (χ1v) is 9.61. The number of aromatic nitrogens is 1.